The van der Waals surface area contributed by atoms with Crippen LogP contribution in [0.25, 0.3) is 0 Å². The molecule has 5 aromatic carbocycles. The van der Waals surface area contributed by atoms with Crippen LogP contribution >= 0.6 is 11.6 Å². The van der Waals surface area contributed by atoms with Gasteiger partial charge in [0.15, 0.2) is 0 Å². The SMILES string of the molecule is COC(=O)c1cc(Cn2cncn2)cc(NC(=O)c2ccc(OCc3ccccc3)cc2)c1.COC(=O)c1cc(N)cc(Cn2cncn2)c1.Cc1ccc(C(=O)Cl)cc1. The van der Waals surface area contributed by atoms with Crippen molar-refractivity contribution in [2.45, 2.75) is 26.6 Å². The first-order valence-corrected chi connectivity index (χ1v) is 18.6. The minimum atomic E-state index is -0.495. The lowest BCUT2D eigenvalue weighted by atomic mass is 10.1. The normalized spacial score (nSPS) is 10.2. The molecule has 2 heterocycles. The van der Waals surface area contributed by atoms with Gasteiger partial charge < -0.3 is 25.3 Å². The number of hydrogen-bond acceptors (Lipinski definition) is 12. The lowest BCUT2D eigenvalue weighted by Gasteiger charge is -2.11. The predicted octanol–water partition coefficient (Wildman–Crippen LogP) is 7.01. The van der Waals surface area contributed by atoms with E-state index < -0.39 is 17.2 Å². The molecular weight excluding hydrogens is 788 g/mol. The molecular formula is C44H41ClN8O7. The molecule has 0 aliphatic rings. The number of methoxy groups -OCH3 is 2. The van der Waals surface area contributed by atoms with Crippen molar-refractivity contribution in [3.8, 4) is 5.75 Å². The van der Waals surface area contributed by atoms with Crippen LogP contribution < -0.4 is 15.8 Å². The van der Waals surface area contributed by atoms with E-state index in [1.54, 1.807) is 94.8 Å². The van der Waals surface area contributed by atoms with Gasteiger partial charge in [-0.2, -0.15) is 10.2 Å². The van der Waals surface area contributed by atoms with Crippen LogP contribution in [-0.4, -0.2) is 66.8 Å². The smallest absolute Gasteiger partial charge is 0.337 e. The largest absolute Gasteiger partial charge is 0.489 e. The van der Waals surface area contributed by atoms with Crippen LogP contribution in [0, 0.1) is 6.92 Å². The summed E-state index contributed by atoms with van der Waals surface area (Å²) >= 11 is 5.22. The van der Waals surface area contributed by atoms with E-state index in [9.17, 15) is 19.2 Å². The van der Waals surface area contributed by atoms with Gasteiger partial charge in [0.25, 0.3) is 11.1 Å². The van der Waals surface area contributed by atoms with Crippen LogP contribution in [0.3, 0.4) is 0 Å². The lowest BCUT2D eigenvalue weighted by Crippen LogP contribution is -2.13. The molecule has 0 atom stereocenters. The third kappa shape index (κ3) is 13.5. The molecule has 0 saturated carbocycles. The molecule has 0 radical (unpaired) electrons. The Bertz CT molecular complexity index is 2480. The summed E-state index contributed by atoms with van der Waals surface area (Å²) in [5.74, 6) is -0.542. The third-order valence-electron chi connectivity index (χ3n) is 8.37. The topological polar surface area (TPSA) is 195 Å². The van der Waals surface area contributed by atoms with Crippen molar-refractivity contribution in [1.29, 1.82) is 0 Å². The number of halogens is 1. The number of carbonyl (C=O) groups is 4. The van der Waals surface area contributed by atoms with Gasteiger partial charge in [0, 0.05) is 22.5 Å². The highest BCUT2D eigenvalue weighted by atomic mass is 35.5. The van der Waals surface area contributed by atoms with E-state index in [1.807, 2.05) is 49.4 Å². The minimum absolute atomic E-state index is 0.307. The van der Waals surface area contributed by atoms with E-state index in [0.29, 0.717) is 59.1 Å². The fourth-order valence-electron chi connectivity index (χ4n) is 5.47. The monoisotopic (exact) mass is 828 g/mol. The van der Waals surface area contributed by atoms with E-state index >= 15 is 0 Å². The number of anilines is 2. The average Bonchev–Trinajstić information content (AvgIpc) is 3.98. The Kier molecular flexibility index (Phi) is 15.8. The molecule has 2 aromatic heterocycles. The fourth-order valence-corrected chi connectivity index (χ4v) is 5.60. The number of carbonyl (C=O) groups excluding carboxylic acids is 4. The number of nitrogens with one attached hydrogen (secondary N) is 1. The standard InChI is InChI=1S/C25H22N4O4.C11H12N4O2.C8H7ClO/c1-32-25(31)21-11-19(14-29-17-26-16-27-29)12-22(13-21)28-24(30)20-7-9-23(10-8-20)33-15-18-5-3-2-4-6-18;1-17-11(16)9-2-8(3-10(12)4-9)5-15-7-13-6-14-15;1-6-2-4-7(5-3-6)8(9)10/h2-13,16-17H,14-15H2,1H3,(H,28,30);2-4,6-7H,5,12H2,1H3;2-5H,1H3. The summed E-state index contributed by atoms with van der Waals surface area (Å²) in [4.78, 5) is 54.6. The van der Waals surface area contributed by atoms with Crippen LogP contribution in [-0.2, 0) is 29.2 Å². The molecule has 0 aliphatic heterocycles. The van der Waals surface area contributed by atoms with Gasteiger partial charge in [-0.1, -0.05) is 48.0 Å². The van der Waals surface area contributed by atoms with Crippen molar-refractivity contribution < 1.29 is 33.4 Å². The lowest BCUT2D eigenvalue weighted by molar-refractivity contribution is 0.0592. The Morgan fingerprint density at radius 2 is 1.20 bits per heavy atom. The Morgan fingerprint density at radius 1 is 0.650 bits per heavy atom. The number of rotatable bonds is 12. The zero-order chi connectivity index (χ0) is 42.9. The Hall–Kier alpha value is -7.65. The van der Waals surface area contributed by atoms with Crippen LogP contribution in [0.5, 0.6) is 5.75 Å². The van der Waals surface area contributed by atoms with Crippen molar-refractivity contribution >= 4 is 46.1 Å². The summed E-state index contributed by atoms with van der Waals surface area (Å²) in [6.45, 7) is 3.31. The summed E-state index contributed by atoms with van der Waals surface area (Å²) in [7, 11) is 2.65. The van der Waals surface area contributed by atoms with Crippen molar-refractivity contribution in [3.05, 3.63) is 185 Å². The van der Waals surface area contributed by atoms with Crippen molar-refractivity contribution in [3.63, 3.8) is 0 Å². The molecule has 306 valence electrons. The molecule has 0 unspecified atom stereocenters. The maximum absolute atomic E-state index is 12.8. The van der Waals surface area contributed by atoms with E-state index in [4.69, 9.17) is 26.8 Å². The first-order chi connectivity index (χ1) is 29.0. The summed E-state index contributed by atoms with van der Waals surface area (Å²) in [6, 6.07) is 34.0. The average molecular weight is 829 g/mol. The van der Waals surface area contributed by atoms with Gasteiger partial charge >= 0.3 is 11.9 Å². The van der Waals surface area contributed by atoms with Gasteiger partial charge in [0.1, 0.15) is 37.7 Å². The molecule has 16 heteroatoms. The maximum atomic E-state index is 12.8. The molecule has 0 spiro atoms. The molecule has 3 N–H and O–H groups in total. The Balaban J connectivity index is 0.000000208. The van der Waals surface area contributed by atoms with Crippen molar-refractivity contribution in [2.24, 2.45) is 0 Å². The molecule has 0 aliphatic carbocycles. The highest BCUT2D eigenvalue weighted by Crippen LogP contribution is 2.20. The Morgan fingerprint density at radius 3 is 1.73 bits per heavy atom. The van der Waals surface area contributed by atoms with Crippen molar-refractivity contribution in [2.75, 3.05) is 25.3 Å². The second kappa shape index (κ2) is 21.8. The van der Waals surface area contributed by atoms with Gasteiger partial charge in [0.2, 0.25) is 0 Å². The van der Waals surface area contributed by atoms with Crippen molar-refractivity contribution in [1.82, 2.24) is 29.5 Å². The summed E-state index contributed by atoms with van der Waals surface area (Å²) < 4.78 is 18.5. The van der Waals surface area contributed by atoms with Crippen LogP contribution in [0.1, 0.15) is 63.7 Å². The molecule has 15 nitrogen and oxygen atoms in total. The Labute approximate surface area is 350 Å². The minimum Gasteiger partial charge on any atom is -0.489 e. The predicted molar refractivity (Wildman–Crippen MR) is 225 cm³/mol. The molecule has 60 heavy (non-hydrogen) atoms. The van der Waals surface area contributed by atoms with E-state index in [0.717, 1.165) is 22.3 Å². The molecule has 7 aromatic rings. The second-order valence-electron chi connectivity index (χ2n) is 12.9. The van der Waals surface area contributed by atoms with E-state index in [2.05, 4.69) is 30.2 Å². The molecule has 0 bridgehead atoms. The number of nitrogens with zero attached hydrogens (tertiary/aromatic N) is 6. The first kappa shape index (κ1) is 43.5. The third-order valence-corrected chi connectivity index (χ3v) is 8.59. The summed E-state index contributed by atoms with van der Waals surface area (Å²) in [5.41, 5.74) is 12.3. The number of nitrogen functional groups attached to an aromatic ring is 1. The number of hydrogen-bond donors (Lipinski definition) is 2. The number of esters is 2. The van der Waals surface area contributed by atoms with Crippen LogP contribution in [0.15, 0.2) is 141 Å². The van der Waals surface area contributed by atoms with Crippen LogP contribution in [0.2, 0.25) is 0 Å². The van der Waals surface area contributed by atoms with E-state index in [1.165, 1.54) is 26.9 Å². The quantitative estimate of drug-likeness (QED) is 0.0727. The highest BCUT2D eigenvalue weighted by Gasteiger charge is 2.13. The van der Waals surface area contributed by atoms with Gasteiger partial charge in [-0.3, -0.25) is 9.59 Å². The van der Waals surface area contributed by atoms with Gasteiger partial charge in [0.05, 0.1) is 38.4 Å². The van der Waals surface area contributed by atoms with Gasteiger partial charge in [-0.25, -0.2) is 28.9 Å². The first-order valence-electron chi connectivity index (χ1n) is 18.2. The highest BCUT2D eigenvalue weighted by molar-refractivity contribution is 6.67. The number of benzene rings is 5. The molecule has 7 rings (SSSR count). The fraction of sp³-hybridized carbons (Fsp3) is 0.136. The number of ether oxygens (including phenoxy) is 3. The second-order valence-corrected chi connectivity index (χ2v) is 13.3. The summed E-state index contributed by atoms with van der Waals surface area (Å²) in [5, 5.41) is 10.5. The molecule has 1 amide bonds. The molecule has 0 fully saturated rings. The number of nitrogens with two attached hydrogens (primary N) is 1. The van der Waals surface area contributed by atoms with Gasteiger partial charge in [-0.05, 0) is 108 Å². The maximum Gasteiger partial charge on any atom is 0.337 e. The number of aromatic nitrogens is 6. The zero-order valence-electron chi connectivity index (χ0n) is 32.9. The summed E-state index contributed by atoms with van der Waals surface area (Å²) in [6.07, 6.45) is 6.05. The molecule has 0 saturated heterocycles. The number of aryl methyl sites for hydroxylation is 1. The van der Waals surface area contributed by atoms with E-state index in [-0.39, 0.29) is 5.91 Å². The van der Waals surface area contributed by atoms with Crippen LogP contribution in [0.4, 0.5) is 11.4 Å². The number of amides is 1. The zero-order valence-corrected chi connectivity index (χ0v) is 33.7. The van der Waals surface area contributed by atoms with Gasteiger partial charge in [-0.15, -0.1) is 0 Å².